The molecule has 0 aliphatic rings. The van der Waals surface area contributed by atoms with Gasteiger partial charge in [-0.3, -0.25) is 0 Å². The molecule has 0 aliphatic heterocycles. The lowest BCUT2D eigenvalue weighted by molar-refractivity contribution is 0.125. The normalized spacial score (nSPS) is 16.6. The van der Waals surface area contributed by atoms with Gasteiger partial charge in [0, 0.05) is 6.04 Å². The molecule has 2 heteroatoms. The molecule has 2 nitrogen and oxygen atoms in total. The summed E-state index contributed by atoms with van der Waals surface area (Å²) in [5, 5.41) is 13.6. The van der Waals surface area contributed by atoms with E-state index in [0.29, 0.717) is 12.0 Å². The van der Waals surface area contributed by atoms with Gasteiger partial charge in [-0.05, 0) is 31.2 Å². The number of aliphatic hydroxyl groups is 1. The average molecular weight is 249 g/mol. The molecule has 0 spiro atoms. The maximum absolute atomic E-state index is 9.96. The van der Waals surface area contributed by atoms with Crippen molar-refractivity contribution >= 4 is 0 Å². The van der Waals surface area contributed by atoms with E-state index < -0.39 is 0 Å². The molecule has 2 unspecified atom stereocenters. The number of rotatable bonds is 7. The van der Waals surface area contributed by atoms with E-state index in [1.165, 1.54) is 5.56 Å². The van der Waals surface area contributed by atoms with Gasteiger partial charge in [0.25, 0.3) is 0 Å². The molecule has 102 valence electrons. The maximum Gasteiger partial charge on any atom is 0.0673 e. The van der Waals surface area contributed by atoms with Crippen LogP contribution in [0.2, 0.25) is 0 Å². The molecule has 0 saturated heterocycles. The first-order valence-electron chi connectivity index (χ1n) is 6.98. The third-order valence-electron chi connectivity index (χ3n) is 3.49. The Morgan fingerprint density at radius 3 is 2.22 bits per heavy atom. The van der Waals surface area contributed by atoms with Gasteiger partial charge in [0.15, 0.2) is 0 Å². The van der Waals surface area contributed by atoms with Crippen LogP contribution in [0.5, 0.6) is 0 Å². The summed E-state index contributed by atoms with van der Waals surface area (Å²) < 4.78 is 0. The van der Waals surface area contributed by atoms with Crippen LogP contribution in [0.4, 0.5) is 0 Å². The Kier molecular flexibility index (Phi) is 5.83. The molecule has 0 bridgehead atoms. The van der Waals surface area contributed by atoms with Crippen LogP contribution >= 0.6 is 0 Å². The van der Waals surface area contributed by atoms with Crippen molar-refractivity contribution in [1.82, 2.24) is 5.32 Å². The van der Waals surface area contributed by atoms with Crippen LogP contribution in [0.25, 0.3) is 0 Å². The molecule has 18 heavy (non-hydrogen) atoms. The van der Waals surface area contributed by atoms with E-state index in [1.807, 2.05) is 18.2 Å². The monoisotopic (exact) mass is 249 g/mol. The molecule has 0 aliphatic carbocycles. The molecule has 1 aromatic rings. The molecular weight excluding hydrogens is 222 g/mol. The van der Waals surface area contributed by atoms with Gasteiger partial charge in [-0.25, -0.2) is 0 Å². The summed E-state index contributed by atoms with van der Waals surface area (Å²) in [5.74, 6) is 0.536. The highest BCUT2D eigenvalue weighted by Crippen LogP contribution is 2.29. The van der Waals surface area contributed by atoms with Gasteiger partial charge in [0.05, 0.1) is 12.1 Å². The zero-order valence-electron chi connectivity index (χ0n) is 12.1. The van der Waals surface area contributed by atoms with E-state index in [4.69, 9.17) is 0 Å². The molecule has 0 saturated carbocycles. The van der Waals surface area contributed by atoms with Crippen LogP contribution in [0, 0.1) is 5.92 Å². The number of nitrogens with one attached hydrogen (secondary N) is 1. The first-order chi connectivity index (χ1) is 8.54. The summed E-state index contributed by atoms with van der Waals surface area (Å²) in [5.41, 5.74) is 0.867. The number of hydrogen-bond donors (Lipinski definition) is 2. The molecule has 1 aromatic carbocycles. The van der Waals surface area contributed by atoms with Gasteiger partial charge in [-0.1, -0.05) is 51.1 Å². The van der Waals surface area contributed by atoms with Crippen LogP contribution < -0.4 is 5.32 Å². The third-order valence-corrected chi connectivity index (χ3v) is 3.49. The summed E-state index contributed by atoms with van der Waals surface area (Å²) in [6, 6.07) is 10.7. The van der Waals surface area contributed by atoms with Gasteiger partial charge < -0.3 is 10.4 Å². The Labute approximate surface area is 111 Å². The highest BCUT2D eigenvalue weighted by atomic mass is 16.3. The quantitative estimate of drug-likeness (QED) is 0.777. The van der Waals surface area contributed by atoms with Crippen molar-refractivity contribution in [2.45, 2.75) is 52.1 Å². The fourth-order valence-electron chi connectivity index (χ4n) is 2.49. The Bertz CT molecular complexity index is 336. The van der Waals surface area contributed by atoms with E-state index in [2.05, 4.69) is 45.1 Å². The second-order valence-electron chi connectivity index (χ2n) is 5.66. The van der Waals surface area contributed by atoms with Crippen LogP contribution in [0.15, 0.2) is 30.3 Å². The summed E-state index contributed by atoms with van der Waals surface area (Å²) in [6.07, 6.45) is 2.00. The standard InChI is InChI=1S/C16H27NO/c1-5-14(4)17-16(12-18,11-13(2)3)15-9-7-6-8-10-15/h6-10,13-14,17-18H,5,11-12H2,1-4H3. The van der Waals surface area contributed by atoms with Gasteiger partial charge in [-0.15, -0.1) is 0 Å². The van der Waals surface area contributed by atoms with Crippen molar-refractivity contribution in [1.29, 1.82) is 0 Å². The first-order valence-corrected chi connectivity index (χ1v) is 6.98. The smallest absolute Gasteiger partial charge is 0.0673 e. The van der Waals surface area contributed by atoms with Crippen LogP contribution in [-0.4, -0.2) is 17.8 Å². The first kappa shape index (κ1) is 15.2. The largest absolute Gasteiger partial charge is 0.394 e. The lowest BCUT2D eigenvalue weighted by Gasteiger charge is -2.38. The molecular formula is C16H27NO. The predicted octanol–water partition coefficient (Wildman–Crippen LogP) is 3.31. The lowest BCUT2D eigenvalue weighted by atomic mass is 9.82. The minimum absolute atomic E-state index is 0.138. The molecule has 1 rings (SSSR count). The molecule has 2 N–H and O–H groups in total. The van der Waals surface area contributed by atoms with Crippen LogP contribution in [0.1, 0.15) is 46.1 Å². The molecule has 0 fully saturated rings. The van der Waals surface area contributed by atoms with Gasteiger partial charge in [0.1, 0.15) is 0 Å². The minimum Gasteiger partial charge on any atom is -0.394 e. The van der Waals surface area contributed by atoms with E-state index in [9.17, 15) is 5.11 Å². The second-order valence-corrected chi connectivity index (χ2v) is 5.66. The van der Waals surface area contributed by atoms with Crippen molar-refractivity contribution in [2.75, 3.05) is 6.61 Å². The lowest BCUT2D eigenvalue weighted by Crippen LogP contribution is -2.50. The molecule has 2 atom stereocenters. The van der Waals surface area contributed by atoms with Gasteiger partial charge >= 0.3 is 0 Å². The minimum atomic E-state index is -0.315. The average Bonchev–Trinajstić information content (AvgIpc) is 2.38. The van der Waals surface area contributed by atoms with Crippen molar-refractivity contribution in [2.24, 2.45) is 5.92 Å². The summed E-state index contributed by atoms with van der Waals surface area (Å²) in [4.78, 5) is 0. The Hall–Kier alpha value is -0.860. The van der Waals surface area contributed by atoms with Crippen LogP contribution in [-0.2, 0) is 5.54 Å². The Balaban J connectivity index is 3.05. The van der Waals surface area contributed by atoms with Crippen molar-refractivity contribution in [3.63, 3.8) is 0 Å². The van der Waals surface area contributed by atoms with Crippen molar-refractivity contribution < 1.29 is 5.11 Å². The third kappa shape index (κ3) is 3.82. The Morgan fingerprint density at radius 2 is 1.78 bits per heavy atom. The van der Waals surface area contributed by atoms with E-state index in [1.54, 1.807) is 0 Å². The molecule has 0 aromatic heterocycles. The number of hydrogen-bond acceptors (Lipinski definition) is 2. The van der Waals surface area contributed by atoms with Crippen molar-refractivity contribution in [3.8, 4) is 0 Å². The summed E-state index contributed by atoms with van der Waals surface area (Å²) in [6.45, 7) is 8.88. The zero-order chi connectivity index (χ0) is 13.6. The van der Waals surface area contributed by atoms with E-state index >= 15 is 0 Å². The highest BCUT2D eigenvalue weighted by Gasteiger charge is 2.32. The summed E-state index contributed by atoms with van der Waals surface area (Å²) >= 11 is 0. The van der Waals surface area contributed by atoms with E-state index in [0.717, 1.165) is 12.8 Å². The highest BCUT2D eigenvalue weighted by molar-refractivity contribution is 5.25. The fraction of sp³-hybridized carbons (Fsp3) is 0.625. The fourth-order valence-corrected chi connectivity index (χ4v) is 2.49. The molecule has 0 heterocycles. The number of benzene rings is 1. The number of aliphatic hydroxyl groups excluding tert-OH is 1. The molecule has 0 amide bonds. The predicted molar refractivity (Wildman–Crippen MR) is 77.5 cm³/mol. The van der Waals surface area contributed by atoms with Gasteiger partial charge in [-0.2, -0.15) is 0 Å². The molecule has 0 radical (unpaired) electrons. The maximum atomic E-state index is 9.96. The Morgan fingerprint density at radius 1 is 1.17 bits per heavy atom. The van der Waals surface area contributed by atoms with Crippen molar-refractivity contribution in [3.05, 3.63) is 35.9 Å². The van der Waals surface area contributed by atoms with Gasteiger partial charge in [0.2, 0.25) is 0 Å². The van der Waals surface area contributed by atoms with Crippen LogP contribution in [0.3, 0.4) is 0 Å². The van der Waals surface area contributed by atoms with E-state index in [-0.39, 0.29) is 12.1 Å². The zero-order valence-corrected chi connectivity index (χ0v) is 12.1. The summed E-state index contributed by atoms with van der Waals surface area (Å²) in [7, 11) is 0. The topological polar surface area (TPSA) is 32.3 Å². The SMILES string of the molecule is CCC(C)NC(CO)(CC(C)C)c1ccccc1. The second kappa shape index (κ2) is 6.91.